The number of nitrogens with one attached hydrogen (secondary N) is 1. The van der Waals surface area contributed by atoms with Gasteiger partial charge in [0.25, 0.3) is 0 Å². The third-order valence-electron chi connectivity index (χ3n) is 4.25. The van der Waals surface area contributed by atoms with Crippen LogP contribution in [0.25, 0.3) is 0 Å². The molecule has 3 rings (SSSR count). The van der Waals surface area contributed by atoms with E-state index in [2.05, 4.69) is 15.3 Å². The molecule has 1 amide bonds. The van der Waals surface area contributed by atoms with Crippen LogP contribution in [0, 0.1) is 0 Å². The van der Waals surface area contributed by atoms with Crippen molar-refractivity contribution >= 4 is 11.9 Å². The SMILES string of the molecule is O=C(CCc1ccc(C(=O)O)cc1)NCCc1cnc(C2CC2)nc1. The van der Waals surface area contributed by atoms with E-state index in [-0.39, 0.29) is 11.5 Å². The van der Waals surface area contributed by atoms with E-state index < -0.39 is 5.97 Å². The van der Waals surface area contributed by atoms with Crippen molar-refractivity contribution in [2.45, 2.75) is 38.0 Å². The zero-order chi connectivity index (χ0) is 17.6. The number of nitrogens with zero attached hydrogens (tertiary/aromatic N) is 2. The lowest BCUT2D eigenvalue weighted by molar-refractivity contribution is -0.121. The molecule has 130 valence electrons. The van der Waals surface area contributed by atoms with Crippen molar-refractivity contribution in [3.8, 4) is 0 Å². The highest BCUT2D eigenvalue weighted by molar-refractivity contribution is 5.87. The van der Waals surface area contributed by atoms with Crippen molar-refractivity contribution in [1.82, 2.24) is 15.3 Å². The number of carboxylic acids is 1. The van der Waals surface area contributed by atoms with Crippen LogP contribution < -0.4 is 5.32 Å². The number of benzene rings is 1. The van der Waals surface area contributed by atoms with Crippen LogP contribution in [0.15, 0.2) is 36.7 Å². The number of carboxylic acid groups (broad SMARTS) is 1. The number of carbonyl (C=O) groups excluding carboxylic acids is 1. The molecule has 1 aliphatic rings. The maximum atomic E-state index is 11.9. The summed E-state index contributed by atoms with van der Waals surface area (Å²) in [5, 5.41) is 11.7. The topological polar surface area (TPSA) is 92.2 Å². The van der Waals surface area contributed by atoms with Crippen molar-refractivity contribution in [3.63, 3.8) is 0 Å². The minimum atomic E-state index is -0.946. The highest BCUT2D eigenvalue weighted by atomic mass is 16.4. The lowest BCUT2D eigenvalue weighted by atomic mass is 10.1. The fraction of sp³-hybridized carbons (Fsp3) is 0.368. The number of rotatable bonds is 8. The Morgan fingerprint density at radius 1 is 1.04 bits per heavy atom. The summed E-state index contributed by atoms with van der Waals surface area (Å²) in [7, 11) is 0. The molecular weight excluding hydrogens is 318 g/mol. The predicted molar refractivity (Wildman–Crippen MR) is 92.4 cm³/mol. The lowest BCUT2D eigenvalue weighted by Gasteiger charge is -2.06. The van der Waals surface area contributed by atoms with E-state index in [0.29, 0.717) is 31.7 Å². The Hall–Kier alpha value is -2.76. The maximum Gasteiger partial charge on any atom is 0.335 e. The maximum absolute atomic E-state index is 11.9. The van der Waals surface area contributed by atoms with E-state index in [1.165, 1.54) is 12.8 Å². The molecule has 0 saturated heterocycles. The van der Waals surface area contributed by atoms with E-state index in [0.717, 1.165) is 17.0 Å². The van der Waals surface area contributed by atoms with E-state index >= 15 is 0 Å². The minimum Gasteiger partial charge on any atom is -0.478 e. The lowest BCUT2D eigenvalue weighted by Crippen LogP contribution is -2.26. The normalized spacial score (nSPS) is 13.4. The van der Waals surface area contributed by atoms with Gasteiger partial charge in [-0.1, -0.05) is 12.1 Å². The quantitative estimate of drug-likeness (QED) is 0.770. The summed E-state index contributed by atoms with van der Waals surface area (Å²) >= 11 is 0. The monoisotopic (exact) mass is 339 g/mol. The Morgan fingerprint density at radius 3 is 2.32 bits per heavy atom. The number of aromatic nitrogens is 2. The van der Waals surface area contributed by atoms with Crippen LogP contribution in [0.2, 0.25) is 0 Å². The summed E-state index contributed by atoms with van der Waals surface area (Å²) in [4.78, 5) is 31.4. The van der Waals surface area contributed by atoms with Gasteiger partial charge in [0.05, 0.1) is 5.56 Å². The summed E-state index contributed by atoms with van der Waals surface area (Å²) in [5.74, 6) is 0.524. The second kappa shape index (κ2) is 7.88. The second-order valence-corrected chi connectivity index (χ2v) is 6.33. The first-order chi connectivity index (χ1) is 12.1. The average Bonchev–Trinajstić information content (AvgIpc) is 3.46. The molecule has 0 bridgehead atoms. The molecule has 2 N–H and O–H groups in total. The molecule has 0 aliphatic heterocycles. The Balaban J connectivity index is 1.36. The molecule has 0 spiro atoms. The van der Waals surface area contributed by atoms with E-state index in [9.17, 15) is 9.59 Å². The largest absolute Gasteiger partial charge is 0.478 e. The second-order valence-electron chi connectivity index (χ2n) is 6.33. The van der Waals surface area contributed by atoms with Gasteiger partial charge in [-0.3, -0.25) is 4.79 Å². The summed E-state index contributed by atoms with van der Waals surface area (Å²) in [6.07, 6.45) is 7.75. The first-order valence-corrected chi connectivity index (χ1v) is 8.51. The molecule has 6 nitrogen and oxygen atoms in total. The number of carbonyl (C=O) groups is 2. The molecule has 1 aliphatic carbocycles. The molecule has 1 saturated carbocycles. The van der Waals surface area contributed by atoms with Crippen molar-refractivity contribution in [1.29, 1.82) is 0 Å². The van der Waals surface area contributed by atoms with E-state index in [1.54, 1.807) is 24.3 Å². The molecule has 2 aromatic rings. The van der Waals surface area contributed by atoms with Crippen LogP contribution in [0.1, 0.15) is 52.5 Å². The molecule has 1 aromatic heterocycles. The Labute approximate surface area is 146 Å². The van der Waals surface area contributed by atoms with Crippen molar-refractivity contribution < 1.29 is 14.7 Å². The van der Waals surface area contributed by atoms with Gasteiger partial charge in [-0.2, -0.15) is 0 Å². The van der Waals surface area contributed by atoms with Gasteiger partial charge in [0, 0.05) is 31.3 Å². The van der Waals surface area contributed by atoms with Crippen LogP contribution in [0.4, 0.5) is 0 Å². The van der Waals surface area contributed by atoms with Gasteiger partial charge >= 0.3 is 5.97 Å². The smallest absolute Gasteiger partial charge is 0.335 e. The van der Waals surface area contributed by atoms with Crippen molar-refractivity contribution in [2.75, 3.05) is 6.54 Å². The average molecular weight is 339 g/mol. The van der Waals surface area contributed by atoms with Crippen LogP contribution in [-0.2, 0) is 17.6 Å². The fourth-order valence-electron chi connectivity index (χ4n) is 2.55. The number of aromatic carboxylic acids is 1. The summed E-state index contributed by atoms with van der Waals surface area (Å²) in [6, 6.07) is 6.60. The fourth-order valence-corrected chi connectivity index (χ4v) is 2.55. The number of hydrogen-bond donors (Lipinski definition) is 2. The van der Waals surface area contributed by atoms with Crippen LogP contribution in [0.3, 0.4) is 0 Å². The van der Waals surface area contributed by atoms with Crippen LogP contribution >= 0.6 is 0 Å². The van der Waals surface area contributed by atoms with Gasteiger partial charge in [0.2, 0.25) is 5.91 Å². The predicted octanol–water partition coefficient (Wildman–Crippen LogP) is 2.34. The molecule has 0 unspecified atom stereocenters. The zero-order valence-corrected chi connectivity index (χ0v) is 13.9. The summed E-state index contributed by atoms with van der Waals surface area (Å²) in [5.41, 5.74) is 2.22. The molecule has 1 aromatic carbocycles. The highest BCUT2D eigenvalue weighted by Crippen LogP contribution is 2.37. The summed E-state index contributed by atoms with van der Waals surface area (Å²) in [6.45, 7) is 0.558. The van der Waals surface area contributed by atoms with E-state index in [1.807, 2.05) is 12.4 Å². The van der Waals surface area contributed by atoms with Gasteiger partial charge in [-0.25, -0.2) is 14.8 Å². The first-order valence-electron chi connectivity index (χ1n) is 8.51. The molecule has 6 heteroatoms. The van der Waals surface area contributed by atoms with Crippen LogP contribution in [-0.4, -0.2) is 33.5 Å². The molecule has 25 heavy (non-hydrogen) atoms. The molecule has 0 atom stereocenters. The molecule has 1 heterocycles. The van der Waals surface area contributed by atoms with Gasteiger partial charge in [-0.05, 0) is 48.9 Å². The molecule has 1 fully saturated rings. The number of amides is 1. The van der Waals surface area contributed by atoms with Gasteiger partial charge in [0.1, 0.15) is 5.82 Å². The van der Waals surface area contributed by atoms with Crippen LogP contribution in [0.5, 0.6) is 0 Å². The molecular formula is C19H21N3O3. The highest BCUT2D eigenvalue weighted by Gasteiger charge is 2.25. The first kappa shape index (κ1) is 17.1. The van der Waals surface area contributed by atoms with Crippen molar-refractivity contribution in [2.24, 2.45) is 0 Å². The standard InChI is InChI=1S/C19H21N3O3/c23-17(8-3-13-1-4-16(5-2-13)19(24)25)20-10-9-14-11-21-18(22-12-14)15-6-7-15/h1-2,4-5,11-12,15H,3,6-10H2,(H,20,23)(H,24,25). The number of hydrogen-bond acceptors (Lipinski definition) is 4. The number of aryl methyl sites for hydroxylation is 1. The van der Waals surface area contributed by atoms with Gasteiger partial charge in [0.15, 0.2) is 0 Å². The third kappa shape index (κ3) is 5.11. The zero-order valence-electron chi connectivity index (χ0n) is 13.9. The summed E-state index contributed by atoms with van der Waals surface area (Å²) < 4.78 is 0. The Bertz CT molecular complexity index is 738. The van der Waals surface area contributed by atoms with Crippen molar-refractivity contribution in [3.05, 3.63) is 59.2 Å². The van der Waals surface area contributed by atoms with Gasteiger partial charge in [-0.15, -0.1) is 0 Å². The Kier molecular flexibility index (Phi) is 5.38. The van der Waals surface area contributed by atoms with Gasteiger partial charge < -0.3 is 10.4 Å². The molecule has 0 radical (unpaired) electrons. The van der Waals surface area contributed by atoms with E-state index in [4.69, 9.17) is 5.11 Å². The Morgan fingerprint density at radius 2 is 1.72 bits per heavy atom. The minimum absolute atomic E-state index is 0.0159. The third-order valence-corrected chi connectivity index (χ3v) is 4.25.